The summed E-state index contributed by atoms with van der Waals surface area (Å²) in [6, 6.07) is 9.54. The lowest BCUT2D eigenvalue weighted by Gasteiger charge is -2.08. The molecule has 0 saturated heterocycles. The number of anilines is 2. The van der Waals surface area contributed by atoms with Crippen LogP contribution < -0.4 is 10.1 Å². The van der Waals surface area contributed by atoms with Gasteiger partial charge in [-0.05, 0) is 40.2 Å². The number of hydrogen-bond donors (Lipinski definition) is 1. The maximum absolute atomic E-state index is 5.11. The zero-order valence-corrected chi connectivity index (χ0v) is 11.9. The van der Waals surface area contributed by atoms with E-state index in [9.17, 15) is 0 Å². The minimum absolute atomic E-state index is 0.777. The molecule has 0 saturated carbocycles. The van der Waals surface area contributed by atoms with Crippen molar-refractivity contribution in [2.24, 2.45) is 0 Å². The summed E-state index contributed by atoms with van der Waals surface area (Å²) in [5.41, 5.74) is 0.962. The van der Waals surface area contributed by atoms with Crippen LogP contribution in [0.3, 0.4) is 0 Å². The van der Waals surface area contributed by atoms with Crippen molar-refractivity contribution in [2.75, 3.05) is 12.4 Å². The second-order valence-corrected chi connectivity index (χ2v) is 4.51. The summed E-state index contributed by atoms with van der Waals surface area (Å²) < 4.78 is 5.90. The highest BCUT2D eigenvalue weighted by molar-refractivity contribution is 9.10. The van der Waals surface area contributed by atoms with Crippen LogP contribution in [0.15, 0.2) is 34.9 Å². The van der Waals surface area contributed by atoms with Crippen molar-refractivity contribution in [3.05, 3.63) is 40.8 Å². The van der Waals surface area contributed by atoms with Gasteiger partial charge >= 0.3 is 0 Å². The molecule has 4 nitrogen and oxygen atoms in total. The third-order valence-electron chi connectivity index (χ3n) is 2.42. The average Bonchev–Trinajstić information content (AvgIpc) is 2.39. The molecule has 0 fully saturated rings. The first-order chi connectivity index (χ1) is 8.71. The summed E-state index contributed by atoms with van der Waals surface area (Å²) in [5.74, 6) is 2.41. The van der Waals surface area contributed by atoms with Gasteiger partial charge in [0.1, 0.15) is 22.0 Å². The summed E-state index contributed by atoms with van der Waals surface area (Å²) in [6.07, 6.45) is 0.802. The Bertz CT molecular complexity index is 528. The number of aromatic nitrogens is 2. The lowest BCUT2D eigenvalue weighted by molar-refractivity contribution is 0.415. The van der Waals surface area contributed by atoms with Crippen LogP contribution in [0, 0.1) is 0 Å². The molecule has 2 aromatic rings. The van der Waals surface area contributed by atoms with Crippen LogP contribution in [0.2, 0.25) is 0 Å². The SMILES string of the molecule is CCc1nc(Br)cc(Nc2ccc(OC)cc2)n1. The zero-order valence-electron chi connectivity index (χ0n) is 10.3. The summed E-state index contributed by atoms with van der Waals surface area (Å²) >= 11 is 3.38. The van der Waals surface area contributed by atoms with E-state index in [1.807, 2.05) is 37.3 Å². The van der Waals surface area contributed by atoms with Gasteiger partial charge in [0.2, 0.25) is 0 Å². The summed E-state index contributed by atoms with van der Waals surface area (Å²) in [6.45, 7) is 2.03. The third-order valence-corrected chi connectivity index (χ3v) is 2.83. The van der Waals surface area contributed by atoms with Gasteiger partial charge in [-0.15, -0.1) is 0 Å². The van der Waals surface area contributed by atoms with Gasteiger partial charge in [-0.1, -0.05) is 6.92 Å². The summed E-state index contributed by atoms with van der Waals surface area (Å²) in [4.78, 5) is 8.67. The minimum atomic E-state index is 0.777. The van der Waals surface area contributed by atoms with Crippen molar-refractivity contribution in [1.29, 1.82) is 0 Å². The quantitative estimate of drug-likeness (QED) is 0.877. The molecule has 1 heterocycles. The number of nitrogens with one attached hydrogen (secondary N) is 1. The predicted octanol–water partition coefficient (Wildman–Crippen LogP) is 3.55. The van der Waals surface area contributed by atoms with E-state index >= 15 is 0 Å². The number of hydrogen-bond acceptors (Lipinski definition) is 4. The van der Waals surface area contributed by atoms with Crippen LogP contribution in [-0.4, -0.2) is 17.1 Å². The molecule has 0 aliphatic carbocycles. The highest BCUT2D eigenvalue weighted by Gasteiger charge is 2.02. The average molecular weight is 308 g/mol. The molecule has 18 heavy (non-hydrogen) atoms. The first-order valence-electron chi connectivity index (χ1n) is 5.66. The summed E-state index contributed by atoms with van der Waals surface area (Å²) in [5, 5.41) is 3.23. The molecule has 0 spiro atoms. The van der Waals surface area contributed by atoms with Gasteiger partial charge in [0.15, 0.2) is 0 Å². The molecule has 1 aromatic carbocycles. The first kappa shape index (κ1) is 12.8. The first-order valence-corrected chi connectivity index (χ1v) is 6.45. The van der Waals surface area contributed by atoms with E-state index in [1.54, 1.807) is 7.11 Å². The smallest absolute Gasteiger partial charge is 0.135 e. The molecule has 1 N–H and O–H groups in total. The summed E-state index contributed by atoms with van der Waals surface area (Å²) in [7, 11) is 1.65. The molecule has 94 valence electrons. The second kappa shape index (κ2) is 5.82. The van der Waals surface area contributed by atoms with Gasteiger partial charge in [-0.2, -0.15) is 0 Å². The van der Waals surface area contributed by atoms with Crippen LogP contribution in [0.5, 0.6) is 5.75 Å². The number of nitrogens with zero attached hydrogens (tertiary/aromatic N) is 2. The van der Waals surface area contributed by atoms with Gasteiger partial charge in [0.05, 0.1) is 7.11 Å². The van der Waals surface area contributed by atoms with Crippen LogP contribution in [0.1, 0.15) is 12.7 Å². The molecule has 0 aliphatic rings. The fourth-order valence-corrected chi connectivity index (χ4v) is 1.93. The van der Waals surface area contributed by atoms with Gasteiger partial charge in [-0.25, -0.2) is 9.97 Å². The number of halogens is 1. The number of aryl methyl sites for hydroxylation is 1. The van der Waals surface area contributed by atoms with Crippen LogP contribution in [0.25, 0.3) is 0 Å². The van der Waals surface area contributed by atoms with Crippen LogP contribution in [0.4, 0.5) is 11.5 Å². The Morgan fingerprint density at radius 1 is 1.22 bits per heavy atom. The van der Waals surface area contributed by atoms with Gasteiger partial charge in [-0.3, -0.25) is 0 Å². The topological polar surface area (TPSA) is 47.0 Å². The van der Waals surface area contributed by atoms with E-state index in [0.29, 0.717) is 0 Å². The Labute approximate surface area is 115 Å². The normalized spacial score (nSPS) is 10.2. The van der Waals surface area contributed by atoms with Crippen molar-refractivity contribution < 1.29 is 4.74 Å². The van der Waals surface area contributed by atoms with Gasteiger partial charge in [0, 0.05) is 18.2 Å². The minimum Gasteiger partial charge on any atom is -0.497 e. The fraction of sp³-hybridized carbons (Fsp3) is 0.231. The Kier molecular flexibility index (Phi) is 4.15. The van der Waals surface area contributed by atoms with E-state index in [0.717, 1.165) is 34.1 Å². The monoisotopic (exact) mass is 307 g/mol. The Morgan fingerprint density at radius 2 is 1.94 bits per heavy atom. The maximum atomic E-state index is 5.11. The highest BCUT2D eigenvalue weighted by atomic mass is 79.9. The van der Waals surface area contributed by atoms with Crippen molar-refractivity contribution in [1.82, 2.24) is 9.97 Å². The molecule has 0 bridgehead atoms. The number of rotatable bonds is 4. The molecule has 0 amide bonds. The zero-order chi connectivity index (χ0) is 13.0. The largest absolute Gasteiger partial charge is 0.497 e. The molecular formula is C13H14BrN3O. The van der Waals surface area contributed by atoms with E-state index in [1.165, 1.54) is 0 Å². The van der Waals surface area contributed by atoms with E-state index in [4.69, 9.17) is 4.74 Å². The number of methoxy groups -OCH3 is 1. The maximum Gasteiger partial charge on any atom is 0.135 e. The van der Waals surface area contributed by atoms with Crippen LogP contribution >= 0.6 is 15.9 Å². The standard InChI is InChI=1S/C13H14BrN3O/c1-3-12-16-11(14)8-13(17-12)15-9-4-6-10(18-2)7-5-9/h4-8H,3H2,1-2H3,(H,15,16,17). The fourth-order valence-electron chi connectivity index (χ4n) is 1.51. The van der Waals surface area contributed by atoms with Crippen molar-refractivity contribution in [2.45, 2.75) is 13.3 Å². The van der Waals surface area contributed by atoms with Crippen LogP contribution in [-0.2, 0) is 6.42 Å². The second-order valence-electron chi connectivity index (χ2n) is 3.70. The van der Waals surface area contributed by atoms with Crippen molar-refractivity contribution in [3.8, 4) is 5.75 Å². The van der Waals surface area contributed by atoms with E-state index in [-0.39, 0.29) is 0 Å². The molecule has 0 radical (unpaired) electrons. The molecule has 1 aromatic heterocycles. The van der Waals surface area contributed by atoms with Gasteiger partial charge in [0.25, 0.3) is 0 Å². The van der Waals surface area contributed by atoms with E-state index in [2.05, 4.69) is 31.2 Å². The molecular weight excluding hydrogens is 294 g/mol. The molecule has 0 atom stereocenters. The Morgan fingerprint density at radius 3 is 2.56 bits per heavy atom. The van der Waals surface area contributed by atoms with Crippen molar-refractivity contribution in [3.63, 3.8) is 0 Å². The third kappa shape index (κ3) is 3.20. The molecule has 0 aliphatic heterocycles. The van der Waals surface area contributed by atoms with E-state index < -0.39 is 0 Å². The Balaban J connectivity index is 2.19. The lowest BCUT2D eigenvalue weighted by Crippen LogP contribution is -1.99. The predicted molar refractivity (Wildman–Crippen MR) is 75.4 cm³/mol. The molecule has 5 heteroatoms. The van der Waals surface area contributed by atoms with Gasteiger partial charge < -0.3 is 10.1 Å². The highest BCUT2D eigenvalue weighted by Crippen LogP contribution is 2.20. The number of benzene rings is 1. The molecule has 2 rings (SSSR count). The van der Waals surface area contributed by atoms with Crippen molar-refractivity contribution >= 4 is 27.4 Å². The number of ether oxygens (including phenoxy) is 1. The Hall–Kier alpha value is -1.62. The lowest BCUT2D eigenvalue weighted by atomic mass is 10.3. The molecule has 0 unspecified atom stereocenters.